The Hall–Kier alpha value is -1.30. The third-order valence-corrected chi connectivity index (χ3v) is 3.96. The van der Waals surface area contributed by atoms with E-state index in [4.69, 9.17) is 9.84 Å². The highest BCUT2D eigenvalue weighted by atomic mass is 16.5. The zero-order valence-corrected chi connectivity index (χ0v) is 11.1. The number of amides is 2. The zero-order valence-electron chi connectivity index (χ0n) is 11.1. The monoisotopic (exact) mass is 270 g/mol. The molecule has 0 aromatic rings. The third kappa shape index (κ3) is 4.09. The molecule has 1 aliphatic heterocycles. The van der Waals surface area contributed by atoms with E-state index in [1.165, 1.54) is 0 Å². The highest BCUT2D eigenvalue weighted by Crippen LogP contribution is 2.25. The zero-order chi connectivity index (χ0) is 13.7. The maximum Gasteiger partial charge on any atom is 0.315 e. The predicted octanol–water partition coefficient (Wildman–Crippen LogP) is 0.965. The van der Waals surface area contributed by atoms with Crippen molar-refractivity contribution in [3.05, 3.63) is 0 Å². The Morgan fingerprint density at radius 1 is 1.21 bits per heavy atom. The first-order chi connectivity index (χ1) is 9.16. The van der Waals surface area contributed by atoms with E-state index in [1.54, 1.807) is 0 Å². The third-order valence-electron chi connectivity index (χ3n) is 3.96. The summed E-state index contributed by atoms with van der Waals surface area (Å²) in [5.41, 5.74) is 0. The van der Waals surface area contributed by atoms with Crippen LogP contribution in [0.3, 0.4) is 0 Å². The average Bonchev–Trinajstić information content (AvgIpc) is 2.86. The van der Waals surface area contributed by atoms with Crippen LogP contribution in [0.1, 0.15) is 32.1 Å². The molecule has 2 rings (SSSR count). The van der Waals surface area contributed by atoms with E-state index < -0.39 is 11.9 Å². The van der Waals surface area contributed by atoms with Crippen LogP contribution in [0, 0.1) is 11.8 Å². The van der Waals surface area contributed by atoms with Gasteiger partial charge >= 0.3 is 12.0 Å². The van der Waals surface area contributed by atoms with Crippen molar-refractivity contribution in [3.8, 4) is 0 Å². The first-order valence-electron chi connectivity index (χ1n) is 7.01. The van der Waals surface area contributed by atoms with Crippen LogP contribution in [0.5, 0.6) is 0 Å². The van der Waals surface area contributed by atoms with Gasteiger partial charge in [0.1, 0.15) is 0 Å². The molecule has 1 saturated heterocycles. The molecule has 19 heavy (non-hydrogen) atoms. The maximum absolute atomic E-state index is 11.8. The van der Waals surface area contributed by atoms with Crippen LogP contribution >= 0.6 is 0 Å². The van der Waals surface area contributed by atoms with Gasteiger partial charge in [-0.25, -0.2) is 4.79 Å². The molecule has 1 heterocycles. The Kier molecular flexibility index (Phi) is 5.01. The molecule has 6 nitrogen and oxygen atoms in total. The molecule has 2 aliphatic rings. The molecule has 1 aliphatic carbocycles. The molecule has 0 aromatic heterocycles. The molecule has 3 N–H and O–H groups in total. The van der Waals surface area contributed by atoms with E-state index in [0.717, 1.165) is 32.3 Å². The predicted molar refractivity (Wildman–Crippen MR) is 68.8 cm³/mol. The summed E-state index contributed by atoms with van der Waals surface area (Å²) >= 11 is 0. The van der Waals surface area contributed by atoms with Crippen molar-refractivity contribution in [1.29, 1.82) is 0 Å². The summed E-state index contributed by atoms with van der Waals surface area (Å²) in [6.07, 6.45) is 4.37. The van der Waals surface area contributed by atoms with Gasteiger partial charge in [-0.3, -0.25) is 4.79 Å². The number of carboxylic acids is 1. The number of urea groups is 1. The highest BCUT2D eigenvalue weighted by Gasteiger charge is 2.33. The van der Waals surface area contributed by atoms with Crippen LogP contribution in [0.4, 0.5) is 4.79 Å². The largest absolute Gasteiger partial charge is 0.481 e. The number of carboxylic acid groups (broad SMARTS) is 1. The van der Waals surface area contributed by atoms with Crippen molar-refractivity contribution < 1.29 is 19.4 Å². The minimum absolute atomic E-state index is 0.236. The van der Waals surface area contributed by atoms with Crippen molar-refractivity contribution in [3.63, 3.8) is 0 Å². The van der Waals surface area contributed by atoms with Crippen LogP contribution in [0.15, 0.2) is 0 Å². The van der Waals surface area contributed by atoms with Crippen molar-refractivity contribution in [2.75, 3.05) is 19.8 Å². The van der Waals surface area contributed by atoms with Gasteiger partial charge in [-0.1, -0.05) is 6.42 Å². The summed E-state index contributed by atoms with van der Waals surface area (Å²) in [6.45, 7) is 2.10. The fraction of sp³-hybridized carbons (Fsp3) is 0.846. The van der Waals surface area contributed by atoms with E-state index in [-0.39, 0.29) is 12.1 Å². The van der Waals surface area contributed by atoms with Crippen molar-refractivity contribution in [2.24, 2.45) is 11.8 Å². The van der Waals surface area contributed by atoms with Gasteiger partial charge in [-0.15, -0.1) is 0 Å². The minimum atomic E-state index is -0.816. The standard InChI is InChI=1S/C13H22N2O4/c16-12(17)10-4-1-5-11(10)15-13(18)14-7-9-3-2-6-19-8-9/h9-11H,1-8H2,(H,16,17)(H2,14,15,18). The van der Waals surface area contributed by atoms with Crippen molar-refractivity contribution >= 4 is 12.0 Å². The fourth-order valence-corrected chi connectivity index (χ4v) is 2.85. The molecule has 3 atom stereocenters. The molecule has 1 saturated carbocycles. The Morgan fingerprint density at radius 3 is 2.74 bits per heavy atom. The molecule has 6 heteroatoms. The molecule has 0 radical (unpaired) electrons. The lowest BCUT2D eigenvalue weighted by atomic mass is 10.0. The normalized spacial score (nSPS) is 30.8. The lowest BCUT2D eigenvalue weighted by molar-refractivity contribution is -0.142. The molecule has 0 bridgehead atoms. The van der Waals surface area contributed by atoms with Crippen LogP contribution in [0.25, 0.3) is 0 Å². The topological polar surface area (TPSA) is 87.7 Å². The van der Waals surface area contributed by atoms with E-state index >= 15 is 0 Å². The second-order valence-electron chi connectivity index (χ2n) is 5.42. The summed E-state index contributed by atoms with van der Waals surface area (Å²) < 4.78 is 5.35. The van der Waals surface area contributed by atoms with E-state index in [2.05, 4.69) is 10.6 Å². The molecular formula is C13H22N2O4. The lowest BCUT2D eigenvalue weighted by Crippen LogP contribution is -2.47. The van der Waals surface area contributed by atoms with Gasteiger partial charge in [0.2, 0.25) is 0 Å². The molecule has 2 amide bonds. The average molecular weight is 270 g/mol. The van der Waals surface area contributed by atoms with Crippen LogP contribution in [0.2, 0.25) is 0 Å². The number of hydrogen-bond donors (Lipinski definition) is 3. The Bertz CT molecular complexity index is 329. The van der Waals surface area contributed by atoms with Crippen LogP contribution in [-0.4, -0.2) is 42.9 Å². The molecule has 0 aromatic carbocycles. The van der Waals surface area contributed by atoms with Gasteiger partial charge in [0.05, 0.1) is 12.5 Å². The summed E-state index contributed by atoms with van der Waals surface area (Å²) in [4.78, 5) is 22.8. The lowest BCUT2D eigenvalue weighted by Gasteiger charge is -2.23. The summed E-state index contributed by atoms with van der Waals surface area (Å²) in [7, 11) is 0. The first-order valence-corrected chi connectivity index (χ1v) is 7.01. The van der Waals surface area contributed by atoms with Gasteiger partial charge in [-0.2, -0.15) is 0 Å². The van der Waals surface area contributed by atoms with Gasteiger partial charge in [-0.05, 0) is 31.6 Å². The summed E-state index contributed by atoms with van der Waals surface area (Å²) in [5.74, 6) is -0.884. The molecule has 0 spiro atoms. The van der Waals surface area contributed by atoms with Crippen molar-refractivity contribution in [1.82, 2.24) is 10.6 Å². The molecule has 108 valence electrons. The van der Waals surface area contributed by atoms with Crippen molar-refractivity contribution in [2.45, 2.75) is 38.1 Å². The van der Waals surface area contributed by atoms with Crippen LogP contribution < -0.4 is 10.6 Å². The highest BCUT2D eigenvalue weighted by molar-refractivity contribution is 5.77. The fourth-order valence-electron chi connectivity index (χ4n) is 2.85. The Morgan fingerprint density at radius 2 is 2.05 bits per heavy atom. The van der Waals surface area contributed by atoms with Crippen LogP contribution in [-0.2, 0) is 9.53 Å². The minimum Gasteiger partial charge on any atom is -0.481 e. The second-order valence-corrected chi connectivity index (χ2v) is 5.42. The SMILES string of the molecule is O=C(NCC1CCCOC1)NC1CCCC1C(=O)O. The van der Waals surface area contributed by atoms with Gasteiger partial charge in [0.25, 0.3) is 0 Å². The molecule has 2 fully saturated rings. The smallest absolute Gasteiger partial charge is 0.315 e. The number of rotatable bonds is 4. The first kappa shape index (κ1) is 14.1. The summed E-state index contributed by atoms with van der Waals surface area (Å²) in [6, 6.07) is -0.496. The van der Waals surface area contributed by atoms with Gasteiger partial charge in [0, 0.05) is 19.2 Å². The number of aliphatic carboxylic acids is 1. The quantitative estimate of drug-likeness (QED) is 0.710. The summed E-state index contributed by atoms with van der Waals surface area (Å²) in [5, 5.41) is 14.6. The number of ether oxygens (including phenoxy) is 1. The number of nitrogens with one attached hydrogen (secondary N) is 2. The Labute approximate surface area is 112 Å². The Balaban J connectivity index is 1.70. The molecule has 3 unspecified atom stereocenters. The maximum atomic E-state index is 11.8. The van der Waals surface area contributed by atoms with Gasteiger partial charge < -0.3 is 20.5 Å². The van der Waals surface area contributed by atoms with E-state index in [0.29, 0.717) is 25.5 Å². The number of carbonyl (C=O) groups excluding carboxylic acids is 1. The number of carbonyl (C=O) groups is 2. The number of hydrogen-bond acceptors (Lipinski definition) is 3. The van der Waals surface area contributed by atoms with E-state index in [1.807, 2.05) is 0 Å². The van der Waals surface area contributed by atoms with E-state index in [9.17, 15) is 9.59 Å². The molecular weight excluding hydrogens is 248 g/mol. The second kappa shape index (κ2) is 6.75. The van der Waals surface area contributed by atoms with Gasteiger partial charge in [0.15, 0.2) is 0 Å².